The second kappa shape index (κ2) is 18.7. The molecule has 1 aliphatic rings. The minimum absolute atomic E-state index is 0.0299. The number of nitrogens with zero attached hydrogens (tertiary/aromatic N) is 2. The van der Waals surface area contributed by atoms with Gasteiger partial charge in [0.15, 0.2) is 5.96 Å². The van der Waals surface area contributed by atoms with Crippen molar-refractivity contribution in [2.24, 2.45) is 16.5 Å². The maximum Gasteiger partial charge on any atom is 0.408 e. The number of nitrogens with one attached hydrogen (secondary N) is 1. The summed E-state index contributed by atoms with van der Waals surface area (Å²) in [5, 5.41) is 2.67. The molecule has 0 aromatic heterocycles. The average molecular weight is 540 g/mol. The summed E-state index contributed by atoms with van der Waals surface area (Å²) in [5.74, 6) is -0.722. The Balaban J connectivity index is 2.53. The molecule has 2 atom stereocenters. The van der Waals surface area contributed by atoms with Gasteiger partial charge in [-0.05, 0) is 52.9 Å². The van der Waals surface area contributed by atoms with Crippen LogP contribution in [0.5, 0.6) is 0 Å². The standard InChI is InChI=1S/C28H53N5O5/c1-5-6-7-8-9-10-11-12-13-14-21-37-25(35)23-18-16-20-33(23)24(34)22(17-15-19-31-26(29)30)32-27(36)38-28(2,3)4/h22-23H,5-21H2,1-4H3,(H,32,36)(H4,29,30,31)/t22-,23-/m0/s1. The van der Waals surface area contributed by atoms with Crippen LogP contribution in [-0.4, -0.2) is 66.2 Å². The molecule has 1 saturated heterocycles. The van der Waals surface area contributed by atoms with Gasteiger partial charge in [-0.3, -0.25) is 9.79 Å². The number of amides is 2. The maximum absolute atomic E-state index is 13.4. The lowest BCUT2D eigenvalue weighted by Gasteiger charge is -2.29. The van der Waals surface area contributed by atoms with E-state index >= 15 is 0 Å². The molecule has 5 N–H and O–H groups in total. The van der Waals surface area contributed by atoms with Crippen molar-refractivity contribution in [3.63, 3.8) is 0 Å². The molecule has 10 nitrogen and oxygen atoms in total. The SMILES string of the molecule is CCCCCCCCCCCCOC(=O)[C@@H]1CCCN1C(=O)[C@H](CCCN=C(N)N)NC(=O)OC(C)(C)C. The van der Waals surface area contributed by atoms with E-state index in [1.807, 2.05) is 0 Å². The van der Waals surface area contributed by atoms with Gasteiger partial charge in [0.05, 0.1) is 6.61 Å². The fourth-order valence-electron chi connectivity index (χ4n) is 4.54. The van der Waals surface area contributed by atoms with Gasteiger partial charge in [-0.2, -0.15) is 0 Å². The lowest BCUT2D eigenvalue weighted by atomic mass is 10.1. The van der Waals surface area contributed by atoms with E-state index in [4.69, 9.17) is 20.9 Å². The van der Waals surface area contributed by atoms with Crippen molar-refractivity contribution >= 4 is 23.9 Å². The lowest BCUT2D eigenvalue weighted by molar-refractivity contribution is -0.154. The van der Waals surface area contributed by atoms with Gasteiger partial charge in [-0.15, -0.1) is 0 Å². The summed E-state index contributed by atoms with van der Waals surface area (Å²) < 4.78 is 10.9. The van der Waals surface area contributed by atoms with Gasteiger partial charge < -0.3 is 31.2 Å². The Bertz CT molecular complexity index is 734. The number of aliphatic imine (C=N–C) groups is 1. The van der Waals surface area contributed by atoms with Crippen LogP contribution in [0.2, 0.25) is 0 Å². The number of ether oxygens (including phenoxy) is 2. The Morgan fingerprint density at radius 3 is 2.16 bits per heavy atom. The van der Waals surface area contributed by atoms with Crippen molar-refractivity contribution in [2.75, 3.05) is 19.7 Å². The Morgan fingerprint density at radius 2 is 1.58 bits per heavy atom. The van der Waals surface area contributed by atoms with Gasteiger partial charge in [-0.25, -0.2) is 9.59 Å². The summed E-state index contributed by atoms with van der Waals surface area (Å²) in [6, 6.07) is -1.49. The van der Waals surface area contributed by atoms with Crippen LogP contribution in [0.4, 0.5) is 4.79 Å². The van der Waals surface area contributed by atoms with Crippen molar-refractivity contribution in [1.82, 2.24) is 10.2 Å². The number of guanidine groups is 1. The van der Waals surface area contributed by atoms with E-state index in [1.54, 1.807) is 20.8 Å². The van der Waals surface area contributed by atoms with Crippen molar-refractivity contribution in [2.45, 2.75) is 135 Å². The van der Waals surface area contributed by atoms with Crippen molar-refractivity contribution in [3.05, 3.63) is 0 Å². The lowest BCUT2D eigenvalue weighted by Crippen LogP contribution is -2.52. The molecule has 1 heterocycles. The first-order chi connectivity index (χ1) is 18.0. The van der Waals surface area contributed by atoms with E-state index in [1.165, 1.54) is 49.8 Å². The van der Waals surface area contributed by atoms with Crippen LogP contribution in [0.1, 0.15) is 118 Å². The van der Waals surface area contributed by atoms with Gasteiger partial charge >= 0.3 is 12.1 Å². The van der Waals surface area contributed by atoms with E-state index in [9.17, 15) is 14.4 Å². The Kier molecular flexibility index (Phi) is 16.5. The van der Waals surface area contributed by atoms with E-state index < -0.39 is 23.8 Å². The van der Waals surface area contributed by atoms with Crippen LogP contribution in [0.3, 0.4) is 0 Å². The summed E-state index contributed by atoms with van der Waals surface area (Å²) in [6.45, 7) is 8.63. The highest BCUT2D eigenvalue weighted by molar-refractivity contribution is 5.90. The molecule has 0 spiro atoms. The molecule has 0 aromatic rings. The third-order valence-corrected chi connectivity index (χ3v) is 6.48. The van der Waals surface area contributed by atoms with E-state index in [0.717, 1.165) is 19.3 Å². The van der Waals surface area contributed by atoms with Crippen LogP contribution in [0.25, 0.3) is 0 Å². The van der Waals surface area contributed by atoms with E-state index in [2.05, 4.69) is 17.2 Å². The summed E-state index contributed by atoms with van der Waals surface area (Å²) >= 11 is 0. The first kappa shape index (κ1) is 33.5. The van der Waals surface area contributed by atoms with E-state index in [0.29, 0.717) is 45.4 Å². The van der Waals surface area contributed by atoms with Crippen molar-refractivity contribution in [3.8, 4) is 0 Å². The van der Waals surface area contributed by atoms with Crippen molar-refractivity contribution < 1.29 is 23.9 Å². The highest BCUT2D eigenvalue weighted by atomic mass is 16.6. The third-order valence-electron chi connectivity index (χ3n) is 6.48. The number of rotatable bonds is 18. The van der Waals surface area contributed by atoms with E-state index in [-0.39, 0.29) is 17.8 Å². The minimum Gasteiger partial charge on any atom is -0.464 e. The predicted molar refractivity (Wildman–Crippen MR) is 151 cm³/mol. The molecule has 1 fully saturated rings. The number of esters is 1. The van der Waals surface area contributed by atoms with Gasteiger partial charge in [0.2, 0.25) is 5.91 Å². The van der Waals surface area contributed by atoms with Gasteiger partial charge in [0.1, 0.15) is 17.7 Å². The zero-order chi connectivity index (χ0) is 28.4. The molecule has 0 unspecified atom stereocenters. The first-order valence-corrected chi connectivity index (χ1v) is 14.6. The number of unbranched alkanes of at least 4 members (excludes halogenated alkanes) is 9. The normalized spacial score (nSPS) is 16.1. The summed E-state index contributed by atoms with van der Waals surface area (Å²) in [4.78, 5) is 44.1. The smallest absolute Gasteiger partial charge is 0.408 e. The molecule has 0 aliphatic carbocycles. The van der Waals surface area contributed by atoms with Crippen molar-refractivity contribution in [1.29, 1.82) is 0 Å². The zero-order valence-electron chi connectivity index (χ0n) is 24.3. The van der Waals surface area contributed by atoms with Crippen LogP contribution >= 0.6 is 0 Å². The quantitative estimate of drug-likeness (QED) is 0.101. The second-order valence-corrected chi connectivity index (χ2v) is 11.2. The number of hydrogen-bond acceptors (Lipinski definition) is 6. The Hall–Kier alpha value is -2.52. The van der Waals surface area contributed by atoms with Crippen LogP contribution in [-0.2, 0) is 19.1 Å². The summed E-state index contributed by atoms with van der Waals surface area (Å²) in [5.41, 5.74) is 10.1. The van der Waals surface area contributed by atoms with Crippen LogP contribution in [0, 0.1) is 0 Å². The zero-order valence-corrected chi connectivity index (χ0v) is 24.3. The molecule has 2 amide bonds. The predicted octanol–water partition coefficient (Wildman–Crippen LogP) is 4.39. The number of carbonyl (C=O) groups is 3. The topological polar surface area (TPSA) is 149 Å². The summed E-state index contributed by atoms with van der Waals surface area (Å²) in [7, 11) is 0. The molecule has 1 rings (SSSR count). The number of hydrogen-bond donors (Lipinski definition) is 3. The van der Waals surface area contributed by atoms with Crippen LogP contribution < -0.4 is 16.8 Å². The highest BCUT2D eigenvalue weighted by Crippen LogP contribution is 2.21. The molecule has 1 aliphatic heterocycles. The molecule has 0 aromatic carbocycles. The number of alkyl carbamates (subject to hydrolysis) is 1. The largest absolute Gasteiger partial charge is 0.464 e. The Labute approximate surface area is 229 Å². The van der Waals surface area contributed by atoms with Gasteiger partial charge in [0, 0.05) is 13.1 Å². The highest BCUT2D eigenvalue weighted by Gasteiger charge is 2.38. The molecule has 0 radical (unpaired) electrons. The Morgan fingerprint density at radius 1 is 0.974 bits per heavy atom. The number of likely N-dealkylation sites (tertiary alicyclic amines) is 1. The summed E-state index contributed by atoms with van der Waals surface area (Å²) in [6.07, 6.45) is 13.4. The molecule has 0 saturated carbocycles. The molecule has 220 valence electrons. The molecular weight excluding hydrogens is 486 g/mol. The molecular formula is C28H53N5O5. The molecule has 0 bridgehead atoms. The molecule has 38 heavy (non-hydrogen) atoms. The van der Waals surface area contributed by atoms with Gasteiger partial charge in [0.25, 0.3) is 0 Å². The molecule has 10 heteroatoms. The third kappa shape index (κ3) is 15.0. The van der Waals surface area contributed by atoms with Crippen LogP contribution in [0.15, 0.2) is 4.99 Å². The second-order valence-electron chi connectivity index (χ2n) is 11.2. The first-order valence-electron chi connectivity index (χ1n) is 14.6. The van der Waals surface area contributed by atoms with Gasteiger partial charge in [-0.1, -0.05) is 64.7 Å². The number of carbonyl (C=O) groups excluding carboxylic acids is 3. The maximum atomic E-state index is 13.4. The average Bonchev–Trinajstić information content (AvgIpc) is 3.32. The minimum atomic E-state index is -0.852. The monoisotopic (exact) mass is 539 g/mol. The fourth-order valence-corrected chi connectivity index (χ4v) is 4.54. The number of nitrogens with two attached hydrogens (primary N) is 2. The fraction of sp³-hybridized carbons (Fsp3) is 0.857.